The topological polar surface area (TPSA) is 57.5 Å². The van der Waals surface area contributed by atoms with Crippen molar-refractivity contribution in [1.82, 2.24) is 0 Å². The largest absolute Gasteiger partial charge is 0.481 e. The molecule has 1 aromatic carbocycles. The summed E-state index contributed by atoms with van der Waals surface area (Å²) in [6.45, 7) is 1.57. The molecule has 0 saturated heterocycles. The lowest BCUT2D eigenvalue weighted by Gasteiger charge is -2.37. The molecule has 2 unspecified atom stereocenters. The molecule has 0 spiro atoms. The molecule has 0 heterocycles. The Morgan fingerprint density at radius 3 is 2.81 bits per heavy atom. The van der Waals surface area contributed by atoms with E-state index in [0.29, 0.717) is 6.42 Å². The molecule has 0 aromatic heterocycles. The molecule has 0 amide bonds. The van der Waals surface area contributed by atoms with Gasteiger partial charge in [0.1, 0.15) is 5.60 Å². The van der Waals surface area contributed by atoms with Crippen molar-refractivity contribution in [3.63, 3.8) is 0 Å². The van der Waals surface area contributed by atoms with Crippen LogP contribution >= 0.6 is 0 Å². The Morgan fingerprint density at radius 2 is 2.12 bits per heavy atom. The molecule has 0 aliphatic heterocycles. The standard InChI is InChI=1S/C13H16O3/c1-9(12(14)15)13(16)8-4-6-10-5-2-3-7-11(10)13/h2-3,5,7,9,16H,4,6,8H2,1H3,(H,14,15). The van der Waals surface area contributed by atoms with Gasteiger partial charge in [0.15, 0.2) is 0 Å². The van der Waals surface area contributed by atoms with Gasteiger partial charge in [-0.1, -0.05) is 24.3 Å². The number of carbonyl (C=O) groups is 1. The third-order valence-electron chi connectivity index (χ3n) is 3.57. The molecule has 2 N–H and O–H groups in total. The van der Waals surface area contributed by atoms with E-state index >= 15 is 0 Å². The number of aliphatic carboxylic acids is 1. The quantitative estimate of drug-likeness (QED) is 0.800. The minimum absolute atomic E-state index is 0.525. The zero-order chi connectivity index (χ0) is 11.8. The second-order valence-corrected chi connectivity index (χ2v) is 4.49. The van der Waals surface area contributed by atoms with E-state index in [4.69, 9.17) is 5.11 Å². The van der Waals surface area contributed by atoms with E-state index in [0.717, 1.165) is 24.0 Å². The van der Waals surface area contributed by atoms with Gasteiger partial charge in [0.25, 0.3) is 0 Å². The van der Waals surface area contributed by atoms with Gasteiger partial charge in [-0.05, 0) is 37.3 Å². The first-order valence-corrected chi connectivity index (χ1v) is 5.59. The van der Waals surface area contributed by atoms with Crippen LogP contribution < -0.4 is 0 Å². The van der Waals surface area contributed by atoms with Crippen LogP contribution in [0.25, 0.3) is 0 Å². The van der Waals surface area contributed by atoms with Gasteiger partial charge < -0.3 is 10.2 Å². The Labute approximate surface area is 94.7 Å². The van der Waals surface area contributed by atoms with E-state index in [-0.39, 0.29) is 0 Å². The van der Waals surface area contributed by atoms with E-state index in [1.165, 1.54) is 0 Å². The molecule has 1 aliphatic rings. The summed E-state index contributed by atoms with van der Waals surface area (Å²) in [5, 5.41) is 19.6. The molecule has 0 bridgehead atoms. The van der Waals surface area contributed by atoms with Crippen LogP contribution in [0.5, 0.6) is 0 Å². The van der Waals surface area contributed by atoms with Crippen LogP contribution in [-0.2, 0) is 16.8 Å². The molecule has 16 heavy (non-hydrogen) atoms. The van der Waals surface area contributed by atoms with Crippen LogP contribution in [0.3, 0.4) is 0 Å². The number of benzene rings is 1. The van der Waals surface area contributed by atoms with Crippen molar-refractivity contribution in [3.05, 3.63) is 35.4 Å². The summed E-state index contributed by atoms with van der Waals surface area (Å²) in [4.78, 5) is 11.1. The van der Waals surface area contributed by atoms with Crippen LogP contribution in [0.2, 0.25) is 0 Å². The fourth-order valence-electron chi connectivity index (χ4n) is 2.50. The normalized spacial score (nSPS) is 25.9. The highest BCUT2D eigenvalue weighted by molar-refractivity contribution is 5.71. The van der Waals surface area contributed by atoms with Gasteiger partial charge in [0.05, 0.1) is 5.92 Å². The fourth-order valence-corrected chi connectivity index (χ4v) is 2.50. The summed E-state index contributed by atoms with van der Waals surface area (Å²) in [6.07, 6.45) is 2.29. The first-order valence-electron chi connectivity index (χ1n) is 5.59. The van der Waals surface area contributed by atoms with Crippen LogP contribution in [0.4, 0.5) is 0 Å². The number of carboxylic acid groups (broad SMARTS) is 1. The molecule has 1 aromatic rings. The molecule has 3 nitrogen and oxygen atoms in total. The fraction of sp³-hybridized carbons (Fsp3) is 0.462. The maximum Gasteiger partial charge on any atom is 0.309 e. The molecular formula is C13H16O3. The lowest BCUT2D eigenvalue weighted by atomic mass is 9.72. The van der Waals surface area contributed by atoms with Gasteiger partial charge in [-0.25, -0.2) is 0 Å². The Morgan fingerprint density at radius 1 is 1.44 bits per heavy atom. The van der Waals surface area contributed by atoms with Crippen molar-refractivity contribution in [2.24, 2.45) is 5.92 Å². The molecule has 1 aliphatic carbocycles. The summed E-state index contributed by atoms with van der Waals surface area (Å²) in [6, 6.07) is 7.58. The average molecular weight is 220 g/mol. The number of rotatable bonds is 2. The summed E-state index contributed by atoms with van der Waals surface area (Å²) < 4.78 is 0. The smallest absolute Gasteiger partial charge is 0.309 e. The van der Waals surface area contributed by atoms with Crippen LogP contribution in [-0.4, -0.2) is 16.2 Å². The summed E-state index contributed by atoms with van der Waals surface area (Å²) in [7, 11) is 0. The summed E-state index contributed by atoms with van der Waals surface area (Å²) in [5.74, 6) is -1.71. The van der Waals surface area contributed by atoms with E-state index in [1.54, 1.807) is 6.92 Å². The molecule has 2 rings (SSSR count). The Balaban J connectivity index is 2.48. The van der Waals surface area contributed by atoms with Gasteiger partial charge in [-0.3, -0.25) is 4.79 Å². The summed E-state index contributed by atoms with van der Waals surface area (Å²) in [5.41, 5.74) is 0.654. The zero-order valence-corrected chi connectivity index (χ0v) is 9.31. The maximum absolute atomic E-state index is 11.1. The van der Waals surface area contributed by atoms with Gasteiger partial charge in [-0.2, -0.15) is 0 Å². The summed E-state index contributed by atoms with van der Waals surface area (Å²) >= 11 is 0. The molecule has 3 heteroatoms. The predicted molar refractivity (Wildman–Crippen MR) is 60.1 cm³/mol. The molecule has 86 valence electrons. The SMILES string of the molecule is CC(C(=O)O)C1(O)CCCc2ccccc21. The van der Waals surface area contributed by atoms with Crippen molar-refractivity contribution >= 4 is 5.97 Å². The number of hydrogen-bond donors (Lipinski definition) is 2. The molecule has 0 fully saturated rings. The van der Waals surface area contributed by atoms with E-state index in [1.807, 2.05) is 24.3 Å². The lowest BCUT2D eigenvalue weighted by Crippen LogP contribution is -2.40. The van der Waals surface area contributed by atoms with Crippen LogP contribution in [0.1, 0.15) is 30.9 Å². The van der Waals surface area contributed by atoms with Crippen LogP contribution in [0, 0.1) is 5.92 Å². The minimum atomic E-state index is -1.21. The highest BCUT2D eigenvalue weighted by Crippen LogP contribution is 2.40. The Bertz CT molecular complexity index is 413. The highest BCUT2D eigenvalue weighted by atomic mass is 16.4. The van der Waals surface area contributed by atoms with Crippen molar-refractivity contribution in [2.75, 3.05) is 0 Å². The number of carboxylic acids is 1. The average Bonchev–Trinajstić information content (AvgIpc) is 2.28. The van der Waals surface area contributed by atoms with Crippen molar-refractivity contribution in [1.29, 1.82) is 0 Å². The van der Waals surface area contributed by atoms with Gasteiger partial charge in [-0.15, -0.1) is 0 Å². The minimum Gasteiger partial charge on any atom is -0.481 e. The van der Waals surface area contributed by atoms with E-state index < -0.39 is 17.5 Å². The Kier molecular flexibility index (Phi) is 2.72. The van der Waals surface area contributed by atoms with Crippen molar-refractivity contribution < 1.29 is 15.0 Å². The first kappa shape index (κ1) is 11.1. The van der Waals surface area contributed by atoms with E-state index in [9.17, 15) is 9.90 Å². The third kappa shape index (κ3) is 1.61. The Hall–Kier alpha value is -1.35. The van der Waals surface area contributed by atoms with E-state index in [2.05, 4.69) is 0 Å². The third-order valence-corrected chi connectivity index (χ3v) is 3.57. The van der Waals surface area contributed by atoms with Crippen molar-refractivity contribution in [2.45, 2.75) is 31.8 Å². The second-order valence-electron chi connectivity index (χ2n) is 4.49. The van der Waals surface area contributed by atoms with Gasteiger partial charge >= 0.3 is 5.97 Å². The zero-order valence-electron chi connectivity index (χ0n) is 9.31. The predicted octanol–water partition coefficient (Wildman–Crippen LogP) is 1.93. The molecule has 2 atom stereocenters. The highest BCUT2D eigenvalue weighted by Gasteiger charge is 2.42. The van der Waals surface area contributed by atoms with Gasteiger partial charge in [0.2, 0.25) is 0 Å². The van der Waals surface area contributed by atoms with Gasteiger partial charge in [0, 0.05) is 0 Å². The monoisotopic (exact) mass is 220 g/mol. The molecular weight excluding hydrogens is 204 g/mol. The second kappa shape index (κ2) is 3.91. The van der Waals surface area contributed by atoms with Crippen LogP contribution in [0.15, 0.2) is 24.3 Å². The molecule has 0 saturated carbocycles. The number of aryl methyl sites for hydroxylation is 1. The first-order chi connectivity index (χ1) is 7.55. The molecule has 0 radical (unpaired) electrons. The lowest BCUT2D eigenvalue weighted by molar-refractivity contribution is -0.153. The number of fused-ring (bicyclic) bond motifs is 1. The number of aliphatic hydroxyl groups is 1. The van der Waals surface area contributed by atoms with Crippen molar-refractivity contribution in [3.8, 4) is 0 Å². The maximum atomic E-state index is 11.1. The number of hydrogen-bond acceptors (Lipinski definition) is 2.